The van der Waals surface area contributed by atoms with Gasteiger partial charge in [-0.3, -0.25) is 4.79 Å². The molecule has 0 aliphatic rings. The number of hydrogen-bond acceptors (Lipinski definition) is 3. The number of ether oxygens (including phenoxy) is 1. The van der Waals surface area contributed by atoms with Gasteiger partial charge in [0.15, 0.2) is 0 Å². The first-order valence-corrected chi connectivity index (χ1v) is 4.68. The second-order valence-electron chi connectivity index (χ2n) is 2.68. The molecule has 0 bridgehead atoms. The predicted octanol–water partition coefficient (Wildman–Crippen LogP) is 1.54. The summed E-state index contributed by atoms with van der Waals surface area (Å²) in [6, 6.07) is 4.02. The number of hydrogen-bond donors (Lipinski definition) is 2. The molecular weight excluding hydrogens is 250 g/mol. The maximum atomic E-state index is 10.7. The number of carboxylic acids is 1. The maximum Gasteiger partial charge on any atom is 0.325 e. The number of halogens is 1. The molecule has 1 atom stereocenters. The largest absolute Gasteiger partial charge is 0.496 e. The third-order valence-corrected chi connectivity index (χ3v) is 2.66. The number of aliphatic carboxylic acids is 1. The summed E-state index contributed by atoms with van der Waals surface area (Å²) in [5.74, 6) is -0.502. The summed E-state index contributed by atoms with van der Waals surface area (Å²) in [7, 11) is 1.51. The standard InChI is InChI=1S/C9H10BrNO3/c1-14-6-4-2-3-5(7(6)10)8(11)9(12)13/h2-4,8H,11H2,1H3,(H,12,13)/t8-/m0/s1. The summed E-state index contributed by atoms with van der Waals surface area (Å²) >= 11 is 3.24. The second kappa shape index (κ2) is 4.43. The lowest BCUT2D eigenvalue weighted by atomic mass is 10.1. The first kappa shape index (κ1) is 11.0. The van der Waals surface area contributed by atoms with E-state index >= 15 is 0 Å². The van der Waals surface area contributed by atoms with Gasteiger partial charge < -0.3 is 15.6 Å². The van der Waals surface area contributed by atoms with E-state index in [-0.39, 0.29) is 0 Å². The van der Waals surface area contributed by atoms with E-state index in [0.717, 1.165) is 0 Å². The van der Waals surface area contributed by atoms with Crippen LogP contribution < -0.4 is 10.5 Å². The highest BCUT2D eigenvalue weighted by Crippen LogP contribution is 2.31. The van der Waals surface area contributed by atoms with E-state index < -0.39 is 12.0 Å². The minimum atomic E-state index is -1.07. The van der Waals surface area contributed by atoms with Crippen LogP contribution in [-0.4, -0.2) is 18.2 Å². The fourth-order valence-electron chi connectivity index (χ4n) is 1.06. The lowest BCUT2D eigenvalue weighted by molar-refractivity contribution is -0.138. The summed E-state index contributed by atoms with van der Waals surface area (Å²) in [5, 5.41) is 8.74. The van der Waals surface area contributed by atoms with Gasteiger partial charge >= 0.3 is 5.97 Å². The first-order chi connectivity index (χ1) is 6.57. The molecule has 1 rings (SSSR count). The van der Waals surface area contributed by atoms with Gasteiger partial charge in [0.25, 0.3) is 0 Å². The average Bonchev–Trinajstić information content (AvgIpc) is 2.17. The summed E-state index contributed by atoms with van der Waals surface area (Å²) < 4.78 is 5.60. The van der Waals surface area contributed by atoms with E-state index in [9.17, 15) is 4.79 Å². The normalized spacial score (nSPS) is 12.2. The molecule has 1 aromatic carbocycles. The zero-order valence-corrected chi connectivity index (χ0v) is 9.11. The molecule has 0 heterocycles. The molecule has 0 spiro atoms. The molecule has 0 fully saturated rings. The summed E-state index contributed by atoms with van der Waals surface area (Å²) in [6.45, 7) is 0. The molecule has 76 valence electrons. The van der Waals surface area contributed by atoms with Gasteiger partial charge in [0, 0.05) is 0 Å². The van der Waals surface area contributed by atoms with Crippen molar-refractivity contribution in [3.05, 3.63) is 28.2 Å². The predicted molar refractivity (Wildman–Crippen MR) is 55.3 cm³/mol. The second-order valence-corrected chi connectivity index (χ2v) is 3.47. The molecule has 0 aliphatic carbocycles. The minimum Gasteiger partial charge on any atom is -0.496 e. The molecule has 0 aliphatic heterocycles. The van der Waals surface area contributed by atoms with Crippen molar-refractivity contribution >= 4 is 21.9 Å². The third-order valence-electron chi connectivity index (χ3n) is 1.81. The topological polar surface area (TPSA) is 72.5 Å². The van der Waals surface area contributed by atoms with Gasteiger partial charge in [-0.05, 0) is 27.6 Å². The van der Waals surface area contributed by atoms with Crippen molar-refractivity contribution in [1.82, 2.24) is 0 Å². The molecule has 3 N–H and O–H groups in total. The Balaban J connectivity index is 3.15. The molecule has 5 heteroatoms. The molecular formula is C9H10BrNO3. The van der Waals surface area contributed by atoms with Crippen LogP contribution in [0.4, 0.5) is 0 Å². The van der Waals surface area contributed by atoms with Crippen molar-refractivity contribution in [3.8, 4) is 5.75 Å². The molecule has 0 unspecified atom stereocenters. The Hall–Kier alpha value is -1.07. The van der Waals surface area contributed by atoms with Gasteiger partial charge in [0.1, 0.15) is 11.8 Å². The SMILES string of the molecule is COc1cccc([C@H](N)C(=O)O)c1Br. The van der Waals surface area contributed by atoms with Crippen molar-refractivity contribution < 1.29 is 14.6 Å². The molecule has 14 heavy (non-hydrogen) atoms. The fourth-order valence-corrected chi connectivity index (χ4v) is 1.73. The van der Waals surface area contributed by atoms with Crippen LogP contribution in [0, 0.1) is 0 Å². The first-order valence-electron chi connectivity index (χ1n) is 3.88. The number of nitrogens with two attached hydrogens (primary N) is 1. The highest BCUT2D eigenvalue weighted by molar-refractivity contribution is 9.10. The number of carbonyl (C=O) groups is 1. The van der Waals surface area contributed by atoms with Crippen LogP contribution in [0.3, 0.4) is 0 Å². The molecule has 1 aromatic rings. The smallest absolute Gasteiger partial charge is 0.325 e. The Kier molecular flexibility index (Phi) is 3.49. The zero-order valence-electron chi connectivity index (χ0n) is 7.53. The van der Waals surface area contributed by atoms with E-state index in [0.29, 0.717) is 15.8 Å². The quantitative estimate of drug-likeness (QED) is 0.864. The Morgan fingerprint density at radius 3 is 2.79 bits per heavy atom. The van der Waals surface area contributed by atoms with Crippen molar-refractivity contribution in [3.63, 3.8) is 0 Å². The van der Waals surface area contributed by atoms with Gasteiger partial charge in [-0.25, -0.2) is 0 Å². The highest BCUT2D eigenvalue weighted by atomic mass is 79.9. The summed E-state index contributed by atoms with van der Waals surface area (Å²) in [4.78, 5) is 10.7. The minimum absolute atomic E-state index is 0.497. The van der Waals surface area contributed by atoms with Crippen LogP contribution >= 0.6 is 15.9 Å². The molecule has 0 aromatic heterocycles. The van der Waals surface area contributed by atoms with Crippen LogP contribution in [0.15, 0.2) is 22.7 Å². The number of rotatable bonds is 3. The van der Waals surface area contributed by atoms with Crippen molar-refractivity contribution in [2.24, 2.45) is 5.73 Å². The van der Waals surface area contributed by atoms with E-state index in [1.807, 2.05) is 0 Å². The average molecular weight is 260 g/mol. The molecule has 0 amide bonds. The zero-order chi connectivity index (χ0) is 10.7. The number of carboxylic acid groups (broad SMARTS) is 1. The lowest BCUT2D eigenvalue weighted by Crippen LogP contribution is -2.21. The van der Waals surface area contributed by atoms with E-state index in [2.05, 4.69) is 15.9 Å². The monoisotopic (exact) mass is 259 g/mol. The van der Waals surface area contributed by atoms with Gasteiger partial charge in [0.2, 0.25) is 0 Å². The molecule has 0 saturated heterocycles. The van der Waals surface area contributed by atoms with Crippen molar-refractivity contribution in [2.75, 3.05) is 7.11 Å². The van der Waals surface area contributed by atoms with Gasteiger partial charge in [-0.2, -0.15) is 0 Å². The van der Waals surface area contributed by atoms with Gasteiger partial charge in [-0.15, -0.1) is 0 Å². The van der Waals surface area contributed by atoms with E-state index in [1.54, 1.807) is 18.2 Å². The van der Waals surface area contributed by atoms with E-state index in [1.165, 1.54) is 7.11 Å². The lowest BCUT2D eigenvalue weighted by Gasteiger charge is -2.11. The van der Waals surface area contributed by atoms with Crippen LogP contribution in [0.5, 0.6) is 5.75 Å². The van der Waals surface area contributed by atoms with Crippen LogP contribution in [-0.2, 0) is 4.79 Å². The third kappa shape index (κ3) is 2.05. The Labute approximate surface area is 89.8 Å². The van der Waals surface area contributed by atoms with Crippen LogP contribution in [0.2, 0.25) is 0 Å². The Morgan fingerprint density at radius 1 is 1.64 bits per heavy atom. The van der Waals surface area contributed by atoms with Crippen molar-refractivity contribution in [2.45, 2.75) is 6.04 Å². The molecule has 0 radical (unpaired) electrons. The fraction of sp³-hybridized carbons (Fsp3) is 0.222. The summed E-state index contributed by atoms with van der Waals surface area (Å²) in [5.41, 5.74) is 5.97. The van der Waals surface area contributed by atoms with E-state index in [4.69, 9.17) is 15.6 Å². The maximum absolute atomic E-state index is 10.7. The Morgan fingerprint density at radius 2 is 2.29 bits per heavy atom. The van der Waals surface area contributed by atoms with Crippen LogP contribution in [0.1, 0.15) is 11.6 Å². The number of benzene rings is 1. The number of methoxy groups -OCH3 is 1. The summed E-state index contributed by atoms with van der Waals surface area (Å²) in [6.07, 6.45) is 0. The van der Waals surface area contributed by atoms with Gasteiger partial charge in [0.05, 0.1) is 11.6 Å². The Bertz CT molecular complexity index is 354. The molecule has 0 saturated carbocycles. The highest BCUT2D eigenvalue weighted by Gasteiger charge is 2.18. The van der Waals surface area contributed by atoms with Gasteiger partial charge in [-0.1, -0.05) is 12.1 Å². The molecule has 4 nitrogen and oxygen atoms in total. The van der Waals surface area contributed by atoms with Crippen molar-refractivity contribution in [1.29, 1.82) is 0 Å². The van der Waals surface area contributed by atoms with Crippen LogP contribution in [0.25, 0.3) is 0 Å².